The molecule has 0 aromatic carbocycles. The molecule has 0 spiro atoms. The van der Waals surface area contributed by atoms with Gasteiger partial charge in [-0.2, -0.15) is 11.8 Å². The Morgan fingerprint density at radius 3 is 2.37 bits per heavy atom. The topological polar surface area (TPSA) is 92.4 Å². The third-order valence-electron chi connectivity index (χ3n) is 2.70. The lowest BCUT2D eigenvalue weighted by molar-refractivity contribution is -0.142. The largest absolute Gasteiger partial charge is 0.481 e. The molecule has 0 aliphatic heterocycles. The summed E-state index contributed by atoms with van der Waals surface area (Å²) in [6.07, 6.45) is 3.07. The van der Waals surface area contributed by atoms with Gasteiger partial charge in [-0.3, -0.25) is 9.59 Å². The maximum atomic E-state index is 11.7. The van der Waals surface area contributed by atoms with E-state index in [0.717, 1.165) is 5.75 Å². The Morgan fingerprint density at radius 2 is 1.95 bits per heavy atom. The second-order valence-corrected chi connectivity index (χ2v) is 6.92. The molecule has 0 heterocycles. The second-order valence-electron chi connectivity index (χ2n) is 5.93. The van der Waals surface area contributed by atoms with Gasteiger partial charge in [0, 0.05) is 6.54 Å². The minimum absolute atomic E-state index is 0.0885. The molecule has 0 aromatic heterocycles. The number of hydrogen-bond acceptors (Lipinski definition) is 4. The second kappa shape index (κ2) is 8.43. The molecular formula is C13H26N2O3S. The van der Waals surface area contributed by atoms with E-state index < -0.39 is 17.9 Å². The van der Waals surface area contributed by atoms with Crippen LogP contribution in [0, 0.1) is 11.3 Å². The third kappa shape index (κ3) is 8.88. The molecule has 0 aliphatic carbocycles. The van der Waals surface area contributed by atoms with E-state index in [-0.39, 0.29) is 17.9 Å². The van der Waals surface area contributed by atoms with Gasteiger partial charge in [-0.05, 0) is 30.3 Å². The number of hydrogen-bond donors (Lipinski definition) is 3. The monoisotopic (exact) mass is 290 g/mol. The lowest BCUT2D eigenvalue weighted by Gasteiger charge is -2.24. The van der Waals surface area contributed by atoms with Crippen LogP contribution in [0.15, 0.2) is 0 Å². The highest BCUT2D eigenvalue weighted by Gasteiger charge is 2.25. The number of aliphatic carboxylic acids is 1. The lowest BCUT2D eigenvalue weighted by atomic mass is 9.84. The Labute approximate surface area is 119 Å². The van der Waals surface area contributed by atoms with Crippen molar-refractivity contribution in [2.75, 3.05) is 18.6 Å². The zero-order valence-corrected chi connectivity index (χ0v) is 13.0. The summed E-state index contributed by atoms with van der Waals surface area (Å²) in [7, 11) is 0. The molecule has 2 atom stereocenters. The summed E-state index contributed by atoms with van der Waals surface area (Å²) in [5, 5.41) is 11.8. The quantitative estimate of drug-likeness (QED) is 0.627. The van der Waals surface area contributed by atoms with Gasteiger partial charge in [-0.1, -0.05) is 20.8 Å². The number of rotatable bonds is 8. The number of thioether (sulfide) groups is 1. The van der Waals surface area contributed by atoms with Gasteiger partial charge >= 0.3 is 5.97 Å². The van der Waals surface area contributed by atoms with E-state index in [2.05, 4.69) is 5.32 Å². The molecule has 0 rings (SSSR count). The Morgan fingerprint density at radius 1 is 1.37 bits per heavy atom. The summed E-state index contributed by atoms with van der Waals surface area (Å²) in [4.78, 5) is 22.8. The number of carbonyl (C=O) groups is 2. The van der Waals surface area contributed by atoms with Crippen molar-refractivity contribution in [3.63, 3.8) is 0 Å². The molecule has 0 bridgehead atoms. The number of nitrogens with two attached hydrogens (primary N) is 1. The molecule has 0 aliphatic rings. The predicted octanol–water partition coefficient (Wildman–Crippen LogP) is 1.32. The number of carboxylic acids is 1. The van der Waals surface area contributed by atoms with Crippen molar-refractivity contribution in [1.82, 2.24) is 5.32 Å². The van der Waals surface area contributed by atoms with Gasteiger partial charge in [-0.15, -0.1) is 0 Å². The van der Waals surface area contributed by atoms with Crippen LogP contribution in [0.4, 0.5) is 0 Å². The van der Waals surface area contributed by atoms with Crippen molar-refractivity contribution in [1.29, 1.82) is 0 Å². The number of carboxylic acid groups (broad SMARTS) is 1. The van der Waals surface area contributed by atoms with Crippen LogP contribution >= 0.6 is 11.8 Å². The van der Waals surface area contributed by atoms with E-state index >= 15 is 0 Å². The Kier molecular flexibility index (Phi) is 8.09. The fourth-order valence-electron chi connectivity index (χ4n) is 1.72. The van der Waals surface area contributed by atoms with E-state index in [1.807, 2.05) is 27.0 Å². The molecule has 19 heavy (non-hydrogen) atoms. The molecular weight excluding hydrogens is 264 g/mol. The molecule has 5 nitrogen and oxygen atoms in total. The fourth-order valence-corrected chi connectivity index (χ4v) is 2.21. The Bertz CT molecular complexity index is 303. The summed E-state index contributed by atoms with van der Waals surface area (Å²) in [5.74, 6) is -0.905. The van der Waals surface area contributed by atoms with Crippen molar-refractivity contribution in [3.05, 3.63) is 0 Å². The maximum absolute atomic E-state index is 11.7. The number of carbonyl (C=O) groups excluding carboxylic acids is 1. The van der Waals surface area contributed by atoms with E-state index in [1.54, 1.807) is 11.8 Å². The average molecular weight is 290 g/mol. The van der Waals surface area contributed by atoms with E-state index in [0.29, 0.717) is 12.8 Å². The lowest BCUT2D eigenvalue weighted by Crippen LogP contribution is -2.44. The first-order valence-corrected chi connectivity index (χ1v) is 7.82. The Balaban J connectivity index is 4.25. The van der Waals surface area contributed by atoms with E-state index in [9.17, 15) is 9.59 Å². The van der Waals surface area contributed by atoms with Crippen LogP contribution in [0.3, 0.4) is 0 Å². The summed E-state index contributed by atoms with van der Waals surface area (Å²) in [6.45, 7) is 6.08. The molecule has 1 amide bonds. The summed E-state index contributed by atoms with van der Waals surface area (Å²) >= 11 is 1.63. The standard InChI is InChI=1S/C13H26N2O3S/c1-13(2,3)7-9(12(17)18)8-15-11(16)10(14)5-6-19-4/h9-10H,5-8,14H2,1-4H3,(H,15,16)(H,17,18)/t9?,10-/m1/s1. The zero-order chi connectivity index (χ0) is 15.1. The van der Waals surface area contributed by atoms with Gasteiger partial charge in [0.05, 0.1) is 12.0 Å². The van der Waals surface area contributed by atoms with Crippen molar-refractivity contribution < 1.29 is 14.7 Å². The van der Waals surface area contributed by atoms with E-state index in [1.165, 1.54) is 0 Å². The molecule has 4 N–H and O–H groups in total. The molecule has 1 unspecified atom stereocenters. The predicted molar refractivity (Wildman–Crippen MR) is 79.2 cm³/mol. The third-order valence-corrected chi connectivity index (χ3v) is 3.34. The number of nitrogens with one attached hydrogen (secondary N) is 1. The van der Waals surface area contributed by atoms with Crippen LogP contribution < -0.4 is 11.1 Å². The average Bonchev–Trinajstić information content (AvgIpc) is 2.29. The van der Waals surface area contributed by atoms with Crippen molar-refractivity contribution in [2.24, 2.45) is 17.1 Å². The number of amides is 1. The van der Waals surface area contributed by atoms with Crippen molar-refractivity contribution in [3.8, 4) is 0 Å². The molecule has 0 aromatic rings. The molecule has 0 radical (unpaired) electrons. The van der Waals surface area contributed by atoms with Crippen molar-refractivity contribution >= 4 is 23.6 Å². The van der Waals surface area contributed by atoms with Crippen LogP contribution in [-0.2, 0) is 9.59 Å². The normalized spacial score (nSPS) is 14.8. The SMILES string of the molecule is CSCC[C@@H](N)C(=O)NCC(CC(C)(C)C)C(=O)O. The molecule has 0 saturated carbocycles. The first-order chi connectivity index (χ1) is 8.67. The Hall–Kier alpha value is -0.750. The van der Waals surface area contributed by atoms with Crippen LogP contribution in [0.2, 0.25) is 0 Å². The molecule has 6 heteroatoms. The van der Waals surface area contributed by atoms with Crippen LogP contribution in [-0.4, -0.2) is 41.6 Å². The highest BCUT2D eigenvalue weighted by atomic mass is 32.2. The maximum Gasteiger partial charge on any atom is 0.308 e. The van der Waals surface area contributed by atoms with Gasteiger partial charge in [0.2, 0.25) is 5.91 Å². The minimum atomic E-state index is -0.882. The van der Waals surface area contributed by atoms with Crippen LogP contribution in [0.25, 0.3) is 0 Å². The van der Waals surface area contributed by atoms with Gasteiger partial charge in [0.1, 0.15) is 0 Å². The van der Waals surface area contributed by atoms with E-state index in [4.69, 9.17) is 10.8 Å². The van der Waals surface area contributed by atoms with Gasteiger partial charge in [-0.25, -0.2) is 0 Å². The van der Waals surface area contributed by atoms with Gasteiger partial charge in [0.25, 0.3) is 0 Å². The molecule has 0 fully saturated rings. The van der Waals surface area contributed by atoms with Crippen LogP contribution in [0.5, 0.6) is 0 Å². The van der Waals surface area contributed by atoms with Gasteiger partial charge < -0.3 is 16.2 Å². The van der Waals surface area contributed by atoms with Gasteiger partial charge in [0.15, 0.2) is 0 Å². The summed E-state index contributed by atoms with van der Waals surface area (Å²) in [5.41, 5.74) is 5.63. The smallest absolute Gasteiger partial charge is 0.308 e. The summed E-state index contributed by atoms with van der Waals surface area (Å²) < 4.78 is 0. The fraction of sp³-hybridized carbons (Fsp3) is 0.846. The first-order valence-electron chi connectivity index (χ1n) is 6.42. The highest BCUT2D eigenvalue weighted by molar-refractivity contribution is 7.98. The molecule has 112 valence electrons. The minimum Gasteiger partial charge on any atom is -0.481 e. The first kappa shape index (κ1) is 18.2. The summed E-state index contributed by atoms with van der Waals surface area (Å²) in [6, 6.07) is -0.559. The zero-order valence-electron chi connectivity index (χ0n) is 12.2. The van der Waals surface area contributed by atoms with Crippen LogP contribution in [0.1, 0.15) is 33.6 Å². The van der Waals surface area contributed by atoms with Crippen molar-refractivity contribution in [2.45, 2.75) is 39.7 Å². The highest BCUT2D eigenvalue weighted by Crippen LogP contribution is 2.24. The molecule has 0 saturated heterocycles.